The molecule has 96 valence electrons. The lowest BCUT2D eigenvalue weighted by atomic mass is 10.1. The summed E-state index contributed by atoms with van der Waals surface area (Å²) in [4.78, 5) is 0. The summed E-state index contributed by atoms with van der Waals surface area (Å²) in [6.45, 7) is 2.06. The molecule has 0 saturated carbocycles. The van der Waals surface area contributed by atoms with E-state index in [1.807, 2.05) is 6.07 Å². The lowest BCUT2D eigenvalue weighted by molar-refractivity contribution is 0.248. The first kappa shape index (κ1) is 14.3. The van der Waals surface area contributed by atoms with Crippen LogP contribution < -0.4 is 0 Å². The van der Waals surface area contributed by atoms with E-state index in [9.17, 15) is 4.39 Å². The van der Waals surface area contributed by atoms with Gasteiger partial charge in [-0.2, -0.15) is 0 Å². The van der Waals surface area contributed by atoms with E-state index in [0.29, 0.717) is 0 Å². The van der Waals surface area contributed by atoms with Gasteiger partial charge in [0.25, 0.3) is 0 Å². The highest BCUT2D eigenvalue weighted by Gasteiger charge is 2.27. The van der Waals surface area contributed by atoms with Crippen LogP contribution in [-0.4, -0.2) is 22.8 Å². The molecule has 17 heavy (non-hydrogen) atoms. The summed E-state index contributed by atoms with van der Waals surface area (Å²) in [5, 5.41) is 0. The SMILES string of the molecule is CO[Si](C)(CCCCc1cccc(F)c1)OC. The van der Waals surface area contributed by atoms with Crippen molar-refractivity contribution in [2.24, 2.45) is 0 Å². The van der Waals surface area contributed by atoms with Gasteiger partial charge in [-0.1, -0.05) is 18.6 Å². The van der Waals surface area contributed by atoms with E-state index in [4.69, 9.17) is 8.85 Å². The maximum Gasteiger partial charge on any atom is 0.334 e. The molecule has 1 rings (SSSR count). The van der Waals surface area contributed by atoms with Gasteiger partial charge in [0.1, 0.15) is 5.82 Å². The topological polar surface area (TPSA) is 18.5 Å². The van der Waals surface area contributed by atoms with Gasteiger partial charge in [-0.05, 0) is 43.1 Å². The Kier molecular flexibility index (Phi) is 5.81. The second-order valence-corrected chi connectivity index (χ2v) is 7.96. The van der Waals surface area contributed by atoms with E-state index in [2.05, 4.69) is 6.55 Å². The predicted octanol–water partition coefficient (Wildman–Crippen LogP) is 3.51. The summed E-state index contributed by atoms with van der Waals surface area (Å²) < 4.78 is 23.8. The van der Waals surface area contributed by atoms with E-state index in [0.717, 1.165) is 30.9 Å². The van der Waals surface area contributed by atoms with Gasteiger partial charge in [0, 0.05) is 14.2 Å². The van der Waals surface area contributed by atoms with Crippen molar-refractivity contribution in [2.75, 3.05) is 14.2 Å². The Morgan fingerprint density at radius 1 is 1.18 bits per heavy atom. The zero-order valence-corrected chi connectivity index (χ0v) is 11.8. The highest BCUT2D eigenvalue weighted by molar-refractivity contribution is 6.65. The van der Waals surface area contributed by atoms with Gasteiger partial charge < -0.3 is 8.85 Å². The van der Waals surface area contributed by atoms with Crippen molar-refractivity contribution in [3.05, 3.63) is 35.6 Å². The van der Waals surface area contributed by atoms with Crippen LogP contribution in [0.4, 0.5) is 4.39 Å². The Labute approximate surface area is 104 Å². The quantitative estimate of drug-likeness (QED) is 0.549. The maximum atomic E-state index is 12.9. The minimum atomic E-state index is -1.92. The molecule has 0 spiro atoms. The Morgan fingerprint density at radius 2 is 1.88 bits per heavy atom. The van der Waals surface area contributed by atoms with Crippen LogP contribution in [0.3, 0.4) is 0 Å². The van der Waals surface area contributed by atoms with Gasteiger partial charge >= 0.3 is 8.56 Å². The van der Waals surface area contributed by atoms with Crippen LogP contribution in [0.1, 0.15) is 18.4 Å². The van der Waals surface area contributed by atoms with Crippen molar-refractivity contribution < 1.29 is 13.2 Å². The lowest BCUT2D eigenvalue weighted by Crippen LogP contribution is -2.35. The summed E-state index contributed by atoms with van der Waals surface area (Å²) in [5.74, 6) is -0.157. The Balaban J connectivity index is 2.29. The Morgan fingerprint density at radius 3 is 2.47 bits per heavy atom. The van der Waals surface area contributed by atoms with Crippen molar-refractivity contribution in [2.45, 2.75) is 31.9 Å². The summed E-state index contributed by atoms with van der Waals surface area (Å²) in [5.41, 5.74) is 1.06. The molecule has 0 saturated heterocycles. The van der Waals surface area contributed by atoms with Gasteiger partial charge in [-0.3, -0.25) is 0 Å². The predicted molar refractivity (Wildman–Crippen MR) is 69.8 cm³/mol. The van der Waals surface area contributed by atoms with Crippen LogP contribution in [0.15, 0.2) is 24.3 Å². The fourth-order valence-electron chi connectivity index (χ4n) is 1.76. The fraction of sp³-hybridized carbons (Fsp3) is 0.538. The molecule has 0 aliphatic carbocycles. The molecular weight excluding hydrogens is 235 g/mol. The molecule has 0 aromatic heterocycles. The largest absolute Gasteiger partial charge is 0.398 e. The molecule has 4 heteroatoms. The summed E-state index contributed by atoms with van der Waals surface area (Å²) >= 11 is 0. The first-order valence-electron chi connectivity index (χ1n) is 5.94. The summed E-state index contributed by atoms with van der Waals surface area (Å²) in [6, 6.07) is 7.78. The molecule has 2 nitrogen and oxygen atoms in total. The molecule has 0 aliphatic rings. The monoisotopic (exact) mass is 256 g/mol. The van der Waals surface area contributed by atoms with Gasteiger partial charge in [0.15, 0.2) is 0 Å². The molecule has 0 fully saturated rings. The van der Waals surface area contributed by atoms with Crippen LogP contribution >= 0.6 is 0 Å². The number of benzene rings is 1. The Hall–Kier alpha value is -0.713. The number of hydrogen-bond acceptors (Lipinski definition) is 2. The zero-order chi connectivity index (χ0) is 12.7. The van der Waals surface area contributed by atoms with Crippen molar-refractivity contribution in [3.8, 4) is 0 Å². The van der Waals surface area contributed by atoms with E-state index in [1.54, 1.807) is 26.4 Å². The highest BCUT2D eigenvalue weighted by Crippen LogP contribution is 2.16. The molecule has 0 atom stereocenters. The van der Waals surface area contributed by atoms with Gasteiger partial charge in [-0.25, -0.2) is 4.39 Å². The van der Waals surface area contributed by atoms with Crippen LogP contribution in [0, 0.1) is 5.82 Å². The second kappa shape index (κ2) is 6.89. The van der Waals surface area contributed by atoms with Crippen LogP contribution in [-0.2, 0) is 15.3 Å². The van der Waals surface area contributed by atoms with E-state index in [1.165, 1.54) is 6.07 Å². The molecule has 1 aromatic rings. The number of unbranched alkanes of at least 4 members (excludes halogenated alkanes) is 1. The zero-order valence-electron chi connectivity index (χ0n) is 10.8. The van der Waals surface area contributed by atoms with E-state index >= 15 is 0 Å². The molecule has 0 N–H and O–H groups in total. The molecule has 0 heterocycles. The van der Waals surface area contributed by atoms with Crippen molar-refractivity contribution >= 4 is 8.56 Å². The number of aryl methyl sites for hydroxylation is 1. The fourth-order valence-corrected chi connectivity index (χ4v) is 3.22. The molecule has 0 amide bonds. The highest BCUT2D eigenvalue weighted by atomic mass is 28.4. The minimum Gasteiger partial charge on any atom is -0.398 e. The standard InChI is InChI=1S/C13H21FO2Si/c1-15-17(3,16-2)10-5-4-7-12-8-6-9-13(14)11-12/h6,8-9,11H,4-5,7,10H2,1-3H3. The summed E-state index contributed by atoms with van der Waals surface area (Å²) in [7, 11) is 1.50. The van der Waals surface area contributed by atoms with Gasteiger partial charge in [0.05, 0.1) is 0 Å². The van der Waals surface area contributed by atoms with E-state index in [-0.39, 0.29) is 5.82 Å². The van der Waals surface area contributed by atoms with Crippen LogP contribution in [0.25, 0.3) is 0 Å². The van der Waals surface area contributed by atoms with Crippen molar-refractivity contribution in [1.82, 2.24) is 0 Å². The molecule has 0 radical (unpaired) electrons. The van der Waals surface area contributed by atoms with Gasteiger partial charge in [-0.15, -0.1) is 0 Å². The van der Waals surface area contributed by atoms with Crippen molar-refractivity contribution in [1.29, 1.82) is 0 Å². The maximum absolute atomic E-state index is 12.9. The third-order valence-electron chi connectivity index (χ3n) is 3.10. The third-order valence-corrected chi connectivity index (χ3v) is 6.09. The third kappa shape index (κ3) is 4.98. The van der Waals surface area contributed by atoms with Crippen molar-refractivity contribution in [3.63, 3.8) is 0 Å². The van der Waals surface area contributed by atoms with Gasteiger partial charge in [0.2, 0.25) is 0 Å². The second-order valence-electron chi connectivity index (χ2n) is 4.38. The molecular formula is C13H21FO2Si. The summed E-state index contributed by atoms with van der Waals surface area (Å²) in [6.07, 6.45) is 3.01. The smallest absolute Gasteiger partial charge is 0.334 e. The molecule has 0 bridgehead atoms. The lowest BCUT2D eigenvalue weighted by Gasteiger charge is -2.22. The molecule has 0 unspecified atom stereocenters. The minimum absolute atomic E-state index is 0.157. The molecule has 1 aromatic carbocycles. The Bertz CT molecular complexity index is 340. The average Bonchev–Trinajstić information content (AvgIpc) is 2.34. The number of rotatable bonds is 7. The van der Waals surface area contributed by atoms with Crippen LogP contribution in [0.2, 0.25) is 12.6 Å². The average molecular weight is 256 g/mol. The first-order valence-corrected chi connectivity index (χ1v) is 8.47. The number of hydrogen-bond donors (Lipinski definition) is 0. The normalized spacial score (nSPS) is 11.8. The van der Waals surface area contributed by atoms with E-state index < -0.39 is 8.56 Å². The van der Waals surface area contributed by atoms with Crippen LogP contribution in [0.5, 0.6) is 0 Å². The number of halogens is 1. The first-order chi connectivity index (χ1) is 8.09. The molecule has 0 aliphatic heterocycles.